The van der Waals surface area contributed by atoms with Gasteiger partial charge in [-0.2, -0.15) is 0 Å². The second-order valence-electron chi connectivity index (χ2n) is 8.91. The molecule has 0 heterocycles. The van der Waals surface area contributed by atoms with Crippen molar-refractivity contribution in [3.05, 3.63) is 101 Å². The highest BCUT2D eigenvalue weighted by atomic mass is 35.5. The van der Waals surface area contributed by atoms with Crippen LogP contribution in [-0.2, 0) is 22.6 Å². The van der Waals surface area contributed by atoms with E-state index in [1.807, 2.05) is 54.6 Å². The highest BCUT2D eigenvalue weighted by molar-refractivity contribution is 7.99. The fourth-order valence-electron chi connectivity index (χ4n) is 3.93. The summed E-state index contributed by atoms with van der Waals surface area (Å²) in [6.07, 6.45) is 2.69. The number of hydrogen-bond donors (Lipinski definition) is 1. The largest absolute Gasteiger partial charge is 0.354 e. The van der Waals surface area contributed by atoms with Crippen molar-refractivity contribution >= 4 is 35.2 Å². The van der Waals surface area contributed by atoms with Crippen molar-refractivity contribution in [3.8, 4) is 0 Å². The summed E-state index contributed by atoms with van der Waals surface area (Å²) in [4.78, 5) is 29.9. The van der Waals surface area contributed by atoms with Crippen LogP contribution in [0.25, 0.3) is 0 Å². The molecule has 4 nitrogen and oxygen atoms in total. The lowest BCUT2D eigenvalue weighted by Gasteiger charge is -2.31. The summed E-state index contributed by atoms with van der Waals surface area (Å²) < 4.78 is 0. The minimum Gasteiger partial charge on any atom is -0.354 e. The van der Waals surface area contributed by atoms with Gasteiger partial charge in [-0.05, 0) is 48.7 Å². The number of amides is 2. The molecule has 0 saturated heterocycles. The van der Waals surface area contributed by atoms with Gasteiger partial charge in [0.05, 0.1) is 0 Å². The minimum atomic E-state index is -0.611. The van der Waals surface area contributed by atoms with Crippen LogP contribution in [-0.4, -0.2) is 35.1 Å². The molecule has 0 saturated carbocycles. The Kier molecular flexibility index (Phi) is 11.4. The van der Waals surface area contributed by atoms with Gasteiger partial charge < -0.3 is 10.2 Å². The van der Waals surface area contributed by atoms with Crippen LogP contribution < -0.4 is 5.32 Å². The molecule has 0 radical (unpaired) electrons. The van der Waals surface area contributed by atoms with Crippen molar-refractivity contribution in [2.24, 2.45) is 0 Å². The minimum absolute atomic E-state index is 0.0406. The van der Waals surface area contributed by atoms with Gasteiger partial charge in [0.2, 0.25) is 11.8 Å². The first-order valence-electron chi connectivity index (χ1n) is 12.5. The summed E-state index contributed by atoms with van der Waals surface area (Å²) in [5.41, 5.74) is 3.13. The molecule has 1 atom stereocenters. The molecule has 6 heteroatoms. The lowest BCUT2D eigenvalue weighted by atomic mass is 10.0. The van der Waals surface area contributed by atoms with Crippen molar-refractivity contribution in [1.82, 2.24) is 10.2 Å². The van der Waals surface area contributed by atoms with Crippen molar-refractivity contribution in [3.63, 3.8) is 0 Å². The average molecular weight is 523 g/mol. The maximum atomic E-state index is 13.6. The van der Waals surface area contributed by atoms with E-state index in [2.05, 4.69) is 43.4 Å². The van der Waals surface area contributed by atoms with Crippen molar-refractivity contribution in [1.29, 1.82) is 0 Å². The van der Waals surface area contributed by atoms with Crippen LogP contribution in [0.5, 0.6) is 0 Å². The zero-order valence-corrected chi connectivity index (χ0v) is 22.7. The number of aryl methyl sites for hydroxylation is 1. The van der Waals surface area contributed by atoms with Gasteiger partial charge in [0.15, 0.2) is 0 Å². The van der Waals surface area contributed by atoms with Crippen LogP contribution in [0.15, 0.2) is 83.8 Å². The monoisotopic (exact) mass is 522 g/mol. The first-order valence-corrected chi connectivity index (χ1v) is 13.9. The normalized spacial score (nSPS) is 11.6. The van der Waals surface area contributed by atoms with Gasteiger partial charge in [0.1, 0.15) is 6.04 Å². The van der Waals surface area contributed by atoms with E-state index in [1.54, 1.807) is 16.7 Å². The fourth-order valence-corrected chi connectivity index (χ4v) is 4.98. The summed E-state index contributed by atoms with van der Waals surface area (Å²) in [5, 5.41) is 3.67. The quantitative estimate of drug-likeness (QED) is 0.201. The summed E-state index contributed by atoms with van der Waals surface area (Å²) in [6, 6.07) is 25.1. The lowest BCUT2D eigenvalue weighted by Crippen LogP contribution is -2.50. The van der Waals surface area contributed by atoms with E-state index in [1.165, 1.54) is 5.56 Å². The molecule has 0 spiro atoms. The van der Waals surface area contributed by atoms with Crippen molar-refractivity contribution < 1.29 is 9.59 Å². The topological polar surface area (TPSA) is 49.4 Å². The van der Waals surface area contributed by atoms with Crippen molar-refractivity contribution in [2.45, 2.75) is 57.0 Å². The molecule has 0 unspecified atom stereocenters. The lowest BCUT2D eigenvalue weighted by molar-refractivity contribution is -0.141. The van der Waals surface area contributed by atoms with Crippen LogP contribution in [0.2, 0.25) is 5.02 Å². The third-order valence-electron chi connectivity index (χ3n) is 5.95. The number of hydrogen-bond acceptors (Lipinski definition) is 3. The molecule has 1 N–H and O–H groups in total. The van der Waals surface area contributed by atoms with Gasteiger partial charge >= 0.3 is 0 Å². The Morgan fingerprint density at radius 3 is 2.39 bits per heavy atom. The van der Waals surface area contributed by atoms with Crippen LogP contribution >= 0.6 is 23.4 Å². The van der Waals surface area contributed by atoms with Crippen LogP contribution in [0.1, 0.15) is 42.9 Å². The Bertz CT molecular complexity index is 1110. The summed E-state index contributed by atoms with van der Waals surface area (Å²) in [7, 11) is 0. The van der Waals surface area contributed by atoms with E-state index in [-0.39, 0.29) is 11.8 Å². The maximum Gasteiger partial charge on any atom is 0.243 e. The Morgan fingerprint density at radius 2 is 1.69 bits per heavy atom. The second-order valence-corrected chi connectivity index (χ2v) is 10.5. The molecular formula is C30H35ClN2O2S. The van der Waals surface area contributed by atoms with Gasteiger partial charge in [-0.25, -0.2) is 0 Å². The number of benzene rings is 3. The Hall–Kier alpha value is -2.76. The number of nitrogens with one attached hydrogen (secondary N) is 1. The first kappa shape index (κ1) is 27.8. The third-order valence-corrected chi connectivity index (χ3v) is 7.20. The molecule has 0 fully saturated rings. The Morgan fingerprint density at radius 1 is 0.972 bits per heavy atom. The van der Waals surface area contributed by atoms with E-state index < -0.39 is 6.04 Å². The number of carbonyl (C=O) groups is 2. The van der Waals surface area contributed by atoms with Crippen LogP contribution in [0, 0.1) is 6.92 Å². The van der Waals surface area contributed by atoms with Gasteiger partial charge in [-0.3, -0.25) is 9.59 Å². The number of nitrogens with zero attached hydrogens (tertiary/aromatic N) is 1. The molecule has 0 aliphatic heterocycles. The SMILES string of the molecule is CCCCNC(=O)[C@@H](Cc1ccccc1)N(Cc1cccc(Cl)c1)C(=O)CCSc1ccc(C)cc1. The Balaban J connectivity index is 1.82. The van der Waals surface area contributed by atoms with E-state index in [9.17, 15) is 9.59 Å². The van der Waals surface area contributed by atoms with Gasteiger partial charge in [-0.1, -0.05) is 85.1 Å². The molecule has 3 rings (SSSR count). The summed E-state index contributed by atoms with van der Waals surface area (Å²) >= 11 is 7.90. The standard InChI is InChI=1S/C30H35ClN2O2S/c1-3-4-18-32-30(35)28(21-24-9-6-5-7-10-24)33(22-25-11-8-12-26(31)20-25)29(34)17-19-36-27-15-13-23(2)14-16-27/h5-16,20,28H,3-4,17-19,21-22H2,1-2H3,(H,32,35)/t28-/m1/s1. The molecule has 3 aromatic rings. The molecule has 3 aromatic carbocycles. The van der Waals surface area contributed by atoms with Gasteiger partial charge in [0, 0.05) is 41.6 Å². The van der Waals surface area contributed by atoms with Gasteiger partial charge in [0.25, 0.3) is 0 Å². The summed E-state index contributed by atoms with van der Waals surface area (Å²) in [6.45, 7) is 5.08. The molecule has 0 aliphatic carbocycles. The van der Waals surface area contributed by atoms with E-state index >= 15 is 0 Å². The van der Waals surface area contributed by atoms with E-state index in [4.69, 9.17) is 11.6 Å². The molecule has 190 valence electrons. The van der Waals surface area contributed by atoms with Crippen LogP contribution in [0.4, 0.5) is 0 Å². The maximum absolute atomic E-state index is 13.6. The molecule has 0 bridgehead atoms. The third kappa shape index (κ3) is 9.03. The van der Waals surface area contributed by atoms with Gasteiger partial charge in [-0.15, -0.1) is 11.8 Å². The van der Waals surface area contributed by atoms with Crippen molar-refractivity contribution in [2.75, 3.05) is 12.3 Å². The highest BCUT2D eigenvalue weighted by Crippen LogP contribution is 2.22. The summed E-state index contributed by atoms with van der Waals surface area (Å²) in [5.74, 6) is 0.485. The Labute approximate surface area is 224 Å². The van der Waals surface area contributed by atoms with E-state index in [0.717, 1.165) is 28.9 Å². The number of rotatable bonds is 13. The molecule has 0 aromatic heterocycles. The second kappa shape index (κ2) is 14.7. The molecule has 0 aliphatic rings. The van der Waals surface area contributed by atoms with E-state index in [0.29, 0.717) is 36.7 Å². The smallest absolute Gasteiger partial charge is 0.243 e. The predicted octanol–water partition coefficient (Wildman–Crippen LogP) is 6.69. The van der Waals surface area contributed by atoms with Crippen LogP contribution in [0.3, 0.4) is 0 Å². The molecule has 2 amide bonds. The number of thioether (sulfide) groups is 1. The fraction of sp³-hybridized carbons (Fsp3) is 0.333. The number of halogens is 1. The molecule has 36 heavy (non-hydrogen) atoms. The number of unbranched alkanes of at least 4 members (excludes halogenated alkanes) is 1. The number of carbonyl (C=O) groups excluding carboxylic acids is 2. The molecular weight excluding hydrogens is 488 g/mol. The first-order chi connectivity index (χ1) is 17.5. The average Bonchev–Trinajstić information content (AvgIpc) is 2.88. The zero-order valence-electron chi connectivity index (χ0n) is 21.1. The highest BCUT2D eigenvalue weighted by Gasteiger charge is 2.30. The predicted molar refractivity (Wildman–Crippen MR) is 150 cm³/mol. The zero-order chi connectivity index (χ0) is 25.8.